The SMILES string of the molecule is C=S(=O)(CCC(F)(F)F)Nc1ccc(-c2cc(C(C)C)c3nc(N[C@@H]4CNC[C@H](CF)C4)ncc3n2)cc1F. The van der Waals surface area contributed by atoms with E-state index in [-0.39, 0.29) is 23.6 Å². The summed E-state index contributed by atoms with van der Waals surface area (Å²) in [7, 11) is -3.40. The van der Waals surface area contributed by atoms with Gasteiger partial charge in [0.2, 0.25) is 5.95 Å². The molecular weight excluding hydrogens is 539 g/mol. The van der Waals surface area contributed by atoms with Gasteiger partial charge in [0.1, 0.15) is 11.3 Å². The minimum atomic E-state index is -4.49. The van der Waals surface area contributed by atoms with Crippen LogP contribution in [0, 0.1) is 11.7 Å². The van der Waals surface area contributed by atoms with Crippen molar-refractivity contribution >= 4 is 38.2 Å². The second kappa shape index (κ2) is 11.6. The standard InChI is InChI=1S/C26H31F5N6OS/c1-15(2)19-10-22(17-4-5-21(20(28)9-17)37-39(3,38)7-6-26(29,30)31)35-23-14-33-25(36-24(19)23)34-18-8-16(11-27)12-32-13-18/h4-5,9-10,14-16,18,32H,3,6-8,11-13H2,1-2H3,(H,37,38)(H,33,34,36)/t16-,18-,39?/m0/s1. The minimum Gasteiger partial charge on any atom is -0.350 e. The van der Waals surface area contributed by atoms with Crippen LogP contribution >= 0.6 is 0 Å². The Bertz CT molecular complexity index is 1430. The number of pyridine rings is 1. The highest BCUT2D eigenvalue weighted by atomic mass is 32.2. The number of aromatic nitrogens is 3. The summed E-state index contributed by atoms with van der Waals surface area (Å²) in [6.07, 6.45) is -3.54. The number of rotatable bonds is 9. The zero-order chi connectivity index (χ0) is 28.4. The first-order chi connectivity index (χ1) is 18.3. The molecular formula is C26H31F5N6OS. The molecule has 1 fully saturated rings. The maximum absolute atomic E-state index is 14.9. The number of nitrogens with one attached hydrogen (secondary N) is 3. The highest BCUT2D eigenvalue weighted by molar-refractivity contribution is 8.01. The zero-order valence-electron chi connectivity index (χ0n) is 21.6. The Kier molecular flexibility index (Phi) is 8.60. The topological polar surface area (TPSA) is 91.8 Å². The Hall–Kier alpha value is -3.06. The largest absolute Gasteiger partial charge is 0.390 e. The summed E-state index contributed by atoms with van der Waals surface area (Å²) >= 11 is 0. The quantitative estimate of drug-likeness (QED) is 0.239. The molecule has 2 aromatic heterocycles. The van der Waals surface area contributed by atoms with Gasteiger partial charge in [-0.1, -0.05) is 19.9 Å². The summed E-state index contributed by atoms with van der Waals surface area (Å²) in [5.74, 6) is 2.13. The van der Waals surface area contributed by atoms with E-state index in [1.807, 2.05) is 13.8 Å². The van der Waals surface area contributed by atoms with Crippen LogP contribution in [-0.4, -0.2) is 62.8 Å². The molecule has 1 aliphatic heterocycles. The molecule has 0 radical (unpaired) electrons. The fraction of sp³-hybridized carbons (Fsp3) is 0.462. The van der Waals surface area contributed by atoms with E-state index in [4.69, 9.17) is 0 Å². The van der Waals surface area contributed by atoms with Crippen LogP contribution in [0.25, 0.3) is 22.3 Å². The second-order valence-electron chi connectivity index (χ2n) is 10.1. The van der Waals surface area contributed by atoms with Crippen molar-refractivity contribution in [1.29, 1.82) is 0 Å². The molecule has 0 aliphatic carbocycles. The number of alkyl halides is 4. The average molecular weight is 571 g/mol. The number of nitrogens with zero attached hydrogens (tertiary/aromatic N) is 3. The first-order valence-electron chi connectivity index (χ1n) is 12.5. The first-order valence-corrected chi connectivity index (χ1v) is 14.4. The molecule has 0 saturated carbocycles. The predicted octanol–water partition coefficient (Wildman–Crippen LogP) is 5.31. The number of hydrogen-bond acceptors (Lipinski definition) is 6. The Morgan fingerprint density at radius 1 is 1.21 bits per heavy atom. The van der Waals surface area contributed by atoms with Gasteiger partial charge in [-0.25, -0.2) is 23.6 Å². The van der Waals surface area contributed by atoms with Crippen LogP contribution < -0.4 is 15.4 Å². The average Bonchev–Trinajstić information content (AvgIpc) is 2.87. The highest BCUT2D eigenvalue weighted by Gasteiger charge is 2.28. The van der Waals surface area contributed by atoms with Gasteiger partial charge in [0.15, 0.2) is 0 Å². The van der Waals surface area contributed by atoms with E-state index in [2.05, 4.69) is 36.2 Å². The lowest BCUT2D eigenvalue weighted by Crippen LogP contribution is -2.44. The van der Waals surface area contributed by atoms with Crippen LogP contribution in [0.4, 0.5) is 33.6 Å². The number of benzene rings is 1. The van der Waals surface area contributed by atoms with Crippen molar-refractivity contribution in [3.8, 4) is 11.3 Å². The summed E-state index contributed by atoms with van der Waals surface area (Å²) in [6, 6.07) is 5.81. The normalized spacial score (nSPS) is 19.7. The van der Waals surface area contributed by atoms with Crippen LogP contribution in [0.1, 0.15) is 38.2 Å². The van der Waals surface area contributed by atoms with Crippen LogP contribution in [0.5, 0.6) is 0 Å². The maximum atomic E-state index is 14.9. The van der Waals surface area contributed by atoms with Gasteiger partial charge in [-0.2, -0.15) is 13.2 Å². The molecule has 4 rings (SSSR count). The fourth-order valence-corrected chi connectivity index (χ4v) is 5.66. The van der Waals surface area contributed by atoms with Crippen molar-refractivity contribution in [2.75, 3.05) is 35.6 Å². The number of fused-ring (bicyclic) bond motifs is 1. The number of anilines is 2. The number of piperidine rings is 1. The molecule has 1 saturated heterocycles. The summed E-state index contributed by atoms with van der Waals surface area (Å²) in [5.41, 5.74) is 2.66. The van der Waals surface area contributed by atoms with E-state index in [0.717, 1.165) is 5.56 Å². The van der Waals surface area contributed by atoms with Crippen molar-refractivity contribution in [1.82, 2.24) is 20.3 Å². The van der Waals surface area contributed by atoms with E-state index >= 15 is 0 Å². The molecule has 1 aliphatic rings. The van der Waals surface area contributed by atoms with Gasteiger partial charge in [-0.3, -0.25) is 4.39 Å². The van der Waals surface area contributed by atoms with Gasteiger partial charge in [0, 0.05) is 46.1 Å². The summed E-state index contributed by atoms with van der Waals surface area (Å²) in [5, 5.41) is 6.48. The second-order valence-corrected chi connectivity index (χ2v) is 12.3. The first kappa shape index (κ1) is 28.9. The third-order valence-corrected chi connectivity index (χ3v) is 7.92. The van der Waals surface area contributed by atoms with Crippen molar-refractivity contribution in [2.24, 2.45) is 5.92 Å². The van der Waals surface area contributed by atoms with Crippen LogP contribution in [0.3, 0.4) is 0 Å². The molecule has 3 aromatic rings. The third-order valence-electron chi connectivity index (χ3n) is 6.47. The zero-order valence-corrected chi connectivity index (χ0v) is 22.4. The molecule has 13 heteroatoms. The summed E-state index contributed by atoms with van der Waals surface area (Å²) in [4.78, 5) is 13.7. The van der Waals surface area contributed by atoms with Crippen molar-refractivity contribution in [3.05, 3.63) is 41.8 Å². The fourth-order valence-electron chi connectivity index (χ4n) is 4.43. The van der Waals surface area contributed by atoms with Crippen molar-refractivity contribution in [3.63, 3.8) is 0 Å². The van der Waals surface area contributed by atoms with Gasteiger partial charge >= 0.3 is 6.18 Å². The molecule has 0 bridgehead atoms. The Balaban J connectivity index is 1.59. The maximum Gasteiger partial charge on any atom is 0.390 e. The van der Waals surface area contributed by atoms with E-state index < -0.39 is 40.5 Å². The molecule has 3 atom stereocenters. The summed E-state index contributed by atoms with van der Waals surface area (Å²) in [6.45, 7) is 4.90. The number of hydrogen-bond donors (Lipinski definition) is 3. The lowest BCUT2D eigenvalue weighted by atomic mass is 9.97. The van der Waals surface area contributed by atoms with E-state index in [0.29, 0.717) is 47.7 Å². The molecule has 1 unspecified atom stereocenters. The number of halogens is 5. The molecule has 1 aromatic carbocycles. The molecule has 3 N–H and O–H groups in total. The van der Waals surface area contributed by atoms with Crippen molar-refractivity contribution in [2.45, 2.75) is 44.8 Å². The monoisotopic (exact) mass is 570 g/mol. The van der Waals surface area contributed by atoms with E-state index in [1.165, 1.54) is 18.2 Å². The Morgan fingerprint density at radius 2 is 1.97 bits per heavy atom. The third kappa shape index (κ3) is 7.53. The lowest BCUT2D eigenvalue weighted by Gasteiger charge is -2.29. The Labute approximate surface area is 224 Å². The summed E-state index contributed by atoms with van der Waals surface area (Å²) < 4.78 is 80.3. The molecule has 212 valence electrons. The van der Waals surface area contributed by atoms with Gasteiger partial charge in [-0.05, 0) is 42.0 Å². The minimum absolute atomic E-state index is 0.0109. The highest BCUT2D eigenvalue weighted by Crippen LogP contribution is 2.31. The van der Waals surface area contributed by atoms with Crippen molar-refractivity contribution < 1.29 is 26.2 Å². The van der Waals surface area contributed by atoms with E-state index in [1.54, 1.807) is 12.3 Å². The van der Waals surface area contributed by atoms with Gasteiger partial charge in [-0.15, -0.1) is 0 Å². The van der Waals surface area contributed by atoms with Gasteiger partial charge in [0.05, 0.1) is 36.2 Å². The molecule has 3 heterocycles. The molecule has 0 amide bonds. The van der Waals surface area contributed by atoms with Gasteiger partial charge < -0.3 is 15.4 Å². The van der Waals surface area contributed by atoms with Crippen LogP contribution in [-0.2, 0) is 9.71 Å². The lowest BCUT2D eigenvalue weighted by molar-refractivity contribution is -0.129. The van der Waals surface area contributed by atoms with Crippen LogP contribution in [0.2, 0.25) is 0 Å². The van der Waals surface area contributed by atoms with E-state index in [9.17, 15) is 26.2 Å². The molecule has 7 nitrogen and oxygen atoms in total. The predicted molar refractivity (Wildman–Crippen MR) is 146 cm³/mol. The van der Waals surface area contributed by atoms with Crippen LogP contribution in [0.15, 0.2) is 30.5 Å². The van der Waals surface area contributed by atoms with Gasteiger partial charge in [0.25, 0.3) is 0 Å². The molecule has 39 heavy (non-hydrogen) atoms. The smallest absolute Gasteiger partial charge is 0.350 e. The molecule has 0 spiro atoms. The Morgan fingerprint density at radius 3 is 2.64 bits per heavy atom.